The Balaban J connectivity index is 2.10. The number of rotatable bonds is 6. The van der Waals surface area contributed by atoms with Crippen molar-refractivity contribution in [2.24, 2.45) is 5.73 Å². The van der Waals surface area contributed by atoms with Crippen molar-refractivity contribution in [1.29, 1.82) is 0 Å². The first-order chi connectivity index (χ1) is 9.28. The highest BCUT2D eigenvalue weighted by Gasteiger charge is 2.11. The van der Waals surface area contributed by atoms with Crippen LogP contribution in [0, 0.1) is 0 Å². The van der Waals surface area contributed by atoms with E-state index in [0.29, 0.717) is 36.2 Å². The number of ether oxygens (including phenoxy) is 3. The first kappa shape index (κ1) is 13.3. The van der Waals surface area contributed by atoms with Crippen molar-refractivity contribution < 1.29 is 18.6 Å². The molecule has 0 spiro atoms. The number of benzene rings is 1. The van der Waals surface area contributed by atoms with Crippen molar-refractivity contribution >= 4 is 0 Å². The zero-order valence-corrected chi connectivity index (χ0v) is 11.0. The van der Waals surface area contributed by atoms with Crippen LogP contribution in [0.5, 0.6) is 17.2 Å². The van der Waals surface area contributed by atoms with Gasteiger partial charge in [0.15, 0.2) is 11.5 Å². The summed E-state index contributed by atoms with van der Waals surface area (Å²) in [5.74, 6) is 3.24. The maximum atomic E-state index is 5.67. The van der Waals surface area contributed by atoms with Gasteiger partial charge in [0, 0.05) is 0 Å². The smallest absolute Gasteiger partial charge is 0.203 e. The quantitative estimate of drug-likeness (QED) is 0.866. The molecule has 102 valence electrons. The highest BCUT2D eigenvalue weighted by Crippen LogP contribution is 2.36. The molecule has 2 aromatic rings. The fourth-order valence-corrected chi connectivity index (χ4v) is 1.73. The molecule has 0 atom stereocenters. The van der Waals surface area contributed by atoms with Crippen molar-refractivity contribution in [2.45, 2.75) is 13.2 Å². The average molecular weight is 263 g/mol. The molecule has 19 heavy (non-hydrogen) atoms. The first-order valence-corrected chi connectivity index (χ1v) is 5.90. The third-order valence-corrected chi connectivity index (χ3v) is 2.66. The largest absolute Gasteiger partial charge is 0.493 e. The Morgan fingerprint density at radius 1 is 1.00 bits per heavy atom. The monoisotopic (exact) mass is 263 g/mol. The minimum atomic E-state index is 0.309. The Bertz CT molecular complexity index is 536. The van der Waals surface area contributed by atoms with Gasteiger partial charge in [0.05, 0.1) is 20.8 Å². The van der Waals surface area contributed by atoms with E-state index in [2.05, 4.69) is 0 Å². The number of para-hydroxylation sites is 1. The van der Waals surface area contributed by atoms with Gasteiger partial charge in [0.25, 0.3) is 0 Å². The number of methoxy groups -OCH3 is 2. The summed E-state index contributed by atoms with van der Waals surface area (Å²) in [6.07, 6.45) is 0. The van der Waals surface area contributed by atoms with Crippen LogP contribution in [0.2, 0.25) is 0 Å². The molecule has 5 heteroatoms. The zero-order chi connectivity index (χ0) is 13.7. The van der Waals surface area contributed by atoms with E-state index in [0.717, 1.165) is 5.76 Å². The van der Waals surface area contributed by atoms with Gasteiger partial charge in [-0.1, -0.05) is 6.07 Å². The van der Waals surface area contributed by atoms with Crippen LogP contribution in [0.25, 0.3) is 0 Å². The van der Waals surface area contributed by atoms with E-state index in [4.69, 9.17) is 24.4 Å². The molecular formula is C14H17NO4. The lowest BCUT2D eigenvalue weighted by atomic mass is 10.3. The van der Waals surface area contributed by atoms with Crippen LogP contribution in [0.1, 0.15) is 11.5 Å². The minimum Gasteiger partial charge on any atom is -0.493 e. The summed E-state index contributed by atoms with van der Waals surface area (Å²) in [6, 6.07) is 9.14. The molecule has 0 saturated heterocycles. The Labute approximate surface area is 111 Å². The van der Waals surface area contributed by atoms with Crippen molar-refractivity contribution in [3.8, 4) is 17.2 Å². The molecule has 0 aliphatic rings. The van der Waals surface area contributed by atoms with Crippen molar-refractivity contribution in [3.05, 3.63) is 41.9 Å². The molecular weight excluding hydrogens is 246 g/mol. The van der Waals surface area contributed by atoms with Crippen molar-refractivity contribution in [2.75, 3.05) is 14.2 Å². The highest BCUT2D eigenvalue weighted by atomic mass is 16.5. The molecule has 0 aliphatic carbocycles. The molecule has 1 heterocycles. The molecule has 5 nitrogen and oxygen atoms in total. The second-order valence-corrected chi connectivity index (χ2v) is 3.85. The van der Waals surface area contributed by atoms with Gasteiger partial charge in [-0.15, -0.1) is 0 Å². The van der Waals surface area contributed by atoms with Crippen LogP contribution in [0.15, 0.2) is 34.7 Å². The van der Waals surface area contributed by atoms with E-state index >= 15 is 0 Å². The van der Waals surface area contributed by atoms with Gasteiger partial charge in [-0.3, -0.25) is 0 Å². The first-order valence-electron chi connectivity index (χ1n) is 5.90. The molecule has 0 fully saturated rings. The van der Waals surface area contributed by atoms with Gasteiger partial charge in [-0.25, -0.2) is 0 Å². The molecule has 0 saturated carbocycles. The van der Waals surface area contributed by atoms with Gasteiger partial charge in [0.2, 0.25) is 5.75 Å². The molecule has 0 aliphatic heterocycles. The Morgan fingerprint density at radius 3 is 2.37 bits per heavy atom. The lowest BCUT2D eigenvalue weighted by Gasteiger charge is -2.12. The van der Waals surface area contributed by atoms with Crippen LogP contribution in [0.4, 0.5) is 0 Å². The fourth-order valence-electron chi connectivity index (χ4n) is 1.73. The summed E-state index contributed by atoms with van der Waals surface area (Å²) in [5, 5.41) is 0. The number of hydrogen-bond donors (Lipinski definition) is 1. The van der Waals surface area contributed by atoms with E-state index in [-0.39, 0.29) is 0 Å². The minimum absolute atomic E-state index is 0.309. The Hall–Kier alpha value is -2.14. The Morgan fingerprint density at radius 2 is 1.74 bits per heavy atom. The third-order valence-electron chi connectivity index (χ3n) is 2.66. The van der Waals surface area contributed by atoms with Crippen LogP contribution >= 0.6 is 0 Å². The predicted molar refractivity (Wildman–Crippen MR) is 70.5 cm³/mol. The summed E-state index contributed by atoms with van der Waals surface area (Å²) in [6.45, 7) is 0.687. The molecule has 2 rings (SSSR count). The number of furan rings is 1. The molecule has 0 bridgehead atoms. The van der Waals surface area contributed by atoms with E-state index in [1.54, 1.807) is 14.2 Å². The standard InChI is InChI=1S/C14H17NO4/c1-16-12-4-3-5-13(14(12)17-2)18-9-11-7-6-10(8-15)19-11/h3-7H,8-9,15H2,1-2H3. The van der Waals surface area contributed by atoms with Crippen LogP contribution in [-0.4, -0.2) is 14.2 Å². The predicted octanol–water partition coefficient (Wildman–Crippen LogP) is 2.33. The average Bonchev–Trinajstić information content (AvgIpc) is 2.92. The van der Waals surface area contributed by atoms with Crippen molar-refractivity contribution in [1.82, 2.24) is 0 Å². The summed E-state index contributed by atoms with van der Waals surface area (Å²) in [4.78, 5) is 0. The number of nitrogens with two attached hydrogens (primary N) is 1. The molecule has 0 radical (unpaired) electrons. The van der Waals surface area contributed by atoms with E-state index in [1.807, 2.05) is 30.3 Å². The van der Waals surface area contributed by atoms with E-state index in [1.165, 1.54) is 0 Å². The summed E-state index contributed by atoms with van der Waals surface area (Å²) in [5.41, 5.74) is 5.48. The normalized spacial score (nSPS) is 10.3. The number of hydrogen-bond acceptors (Lipinski definition) is 5. The maximum absolute atomic E-state index is 5.67. The topological polar surface area (TPSA) is 66.9 Å². The molecule has 0 unspecified atom stereocenters. The zero-order valence-electron chi connectivity index (χ0n) is 11.0. The summed E-state index contributed by atoms with van der Waals surface area (Å²) >= 11 is 0. The van der Waals surface area contributed by atoms with Gasteiger partial charge in [0.1, 0.15) is 18.1 Å². The van der Waals surface area contributed by atoms with Crippen LogP contribution in [0.3, 0.4) is 0 Å². The fraction of sp³-hybridized carbons (Fsp3) is 0.286. The summed E-state index contributed by atoms with van der Waals surface area (Å²) < 4.78 is 21.6. The SMILES string of the molecule is COc1cccc(OCc2ccc(CN)o2)c1OC. The van der Waals surface area contributed by atoms with Crippen LogP contribution < -0.4 is 19.9 Å². The molecule has 1 aromatic carbocycles. The van der Waals surface area contributed by atoms with E-state index < -0.39 is 0 Å². The lowest BCUT2D eigenvalue weighted by Crippen LogP contribution is -1.98. The second kappa shape index (κ2) is 6.15. The summed E-state index contributed by atoms with van der Waals surface area (Å²) in [7, 11) is 3.16. The molecule has 1 aromatic heterocycles. The highest BCUT2D eigenvalue weighted by molar-refractivity contribution is 5.51. The van der Waals surface area contributed by atoms with Crippen molar-refractivity contribution in [3.63, 3.8) is 0 Å². The third kappa shape index (κ3) is 3.00. The van der Waals surface area contributed by atoms with Gasteiger partial charge in [-0.05, 0) is 24.3 Å². The molecule has 0 amide bonds. The molecule has 2 N–H and O–H groups in total. The lowest BCUT2D eigenvalue weighted by molar-refractivity contribution is 0.248. The maximum Gasteiger partial charge on any atom is 0.203 e. The Kier molecular flexibility index (Phi) is 4.30. The second-order valence-electron chi connectivity index (χ2n) is 3.85. The van der Waals surface area contributed by atoms with E-state index in [9.17, 15) is 0 Å². The van der Waals surface area contributed by atoms with Gasteiger partial charge < -0.3 is 24.4 Å². The van der Waals surface area contributed by atoms with Crippen LogP contribution in [-0.2, 0) is 13.2 Å². The van der Waals surface area contributed by atoms with Gasteiger partial charge >= 0.3 is 0 Å². The van der Waals surface area contributed by atoms with Gasteiger partial charge in [-0.2, -0.15) is 0 Å².